The third-order valence-corrected chi connectivity index (χ3v) is 5.01. The van der Waals surface area contributed by atoms with E-state index in [1.54, 1.807) is 27.7 Å². The Morgan fingerprint density at radius 2 is 1.63 bits per heavy atom. The van der Waals surface area contributed by atoms with E-state index in [0.717, 1.165) is 5.56 Å². The Bertz CT molecular complexity index is 501. The molecular weight excluding hydrogens is 262 g/mol. The van der Waals surface area contributed by atoms with Gasteiger partial charge in [0.05, 0.1) is 16.9 Å². The maximum absolute atomic E-state index is 12.0. The zero-order valence-corrected chi connectivity index (χ0v) is 12.8. The fourth-order valence-electron chi connectivity index (χ4n) is 1.46. The lowest BCUT2D eigenvalue weighted by atomic mass is 9.87. The van der Waals surface area contributed by atoms with Gasteiger partial charge in [0.1, 0.15) is 0 Å². The molecule has 0 spiro atoms. The molecule has 108 valence electrons. The van der Waals surface area contributed by atoms with Crippen molar-refractivity contribution in [1.82, 2.24) is 4.72 Å². The Labute approximate surface area is 115 Å². The van der Waals surface area contributed by atoms with E-state index in [1.807, 2.05) is 30.3 Å². The summed E-state index contributed by atoms with van der Waals surface area (Å²) in [6, 6.07) is 9.47. The first-order chi connectivity index (χ1) is 8.54. The van der Waals surface area contributed by atoms with E-state index in [4.69, 9.17) is 0 Å². The number of benzene rings is 1. The minimum atomic E-state index is -3.43. The van der Waals surface area contributed by atoms with Gasteiger partial charge in [-0.3, -0.25) is 0 Å². The smallest absolute Gasteiger partial charge is 0.212 e. The lowest BCUT2D eigenvalue weighted by molar-refractivity contribution is 0.00639. The van der Waals surface area contributed by atoms with Crippen LogP contribution >= 0.6 is 0 Å². The fourth-order valence-corrected chi connectivity index (χ4v) is 3.10. The molecule has 0 aliphatic heterocycles. The molecule has 5 heteroatoms. The minimum absolute atomic E-state index is 0.0104. The summed E-state index contributed by atoms with van der Waals surface area (Å²) >= 11 is 0. The molecule has 0 saturated heterocycles. The quantitative estimate of drug-likeness (QED) is 0.836. The predicted octanol–water partition coefficient (Wildman–Crippen LogP) is 1.70. The standard InChI is InChI=1S/C14H23NO3S/c1-13(2,14(3,4)16)15-19(17,18)11-10-12-8-6-5-7-9-12/h5-9,15-16H,10-11H2,1-4H3. The average molecular weight is 285 g/mol. The maximum Gasteiger partial charge on any atom is 0.212 e. The van der Waals surface area contributed by atoms with Crippen LogP contribution in [0.2, 0.25) is 0 Å². The molecular formula is C14H23NO3S. The van der Waals surface area contributed by atoms with Crippen LogP contribution in [0.1, 0.15) is 33.3 Å². The summed E-state index contributed by atoms with van der Waals surface area (Å²) in [4.78, 5) is 0. The molecule has 0 saturated carbocycles. The molecule has 0 atom stereocenters. The third kappa shape index (κ3) is 4.93. The van der Waals surface area contributed by atoms with Gasteiger partial charge in [0, 0.05) is 0 Å². The topological polar surface area (TPSA) is 66.4 Å². The van der Waals surface area contributed by atoms with Gasteiger partial charge in [-0.2, -0.15) is 0 Å². The normalized spacial score (nSPS) is 13.5. The number of hydrogen-bond donors (Lipinski definition) is 2. The highest BCUT2D eigenvalue weighted by atomic mass is 32.2. The van der Waals surface area contributed by atoms with Crippen LogP contribution in [0, 0.1) is 0 Å². The van der Waals surface area contributed by atoms with Crippen LogP contribution in [-0.2, 0) is 16.4 Å². The summed E-state index contributed by atoms with van der Waals surface area (Å²) in [7, 11) is -3.43. The van der Waals surface area contributed by atoms with E-state index < -0.39 is 21.2 Å². The number of hydrogen-bond acceptors (Lipinski definition) is 3. The highest BCUT2D eigenvalue weighted by Crippen LogP contribution is 2.21. The molecule has 0 aliphatic carbocycles. The van der Waals surface area contributed by atoms with Crippen molar-refractivity contribution in [1.29, 1.82) is 0 Å². The minimum Gasteiger partial charge on any atom is -0.389 e. The molecule has 0 fully saturated rings. The van der Waals surface area contributed by atoms with E-state index in [2.05, 4.69) is 4.72 Å². The molecule has 4 nitrogen and oxygen atoms in total. The zero-order valence-electron chi connectivity index (χ0n) is 12.0. The predicted molar refractivity (Wildman–Crippen MR) is 77.4 cm³/mol. The molecule has 0 aromatic heterocycles. The van der Waals surface area contributed by atoms with Crippen molar-refractivity contribution in [2.45, 2.75) is 45.3 Å². The molecule has 2 N–H and O–H groups in total. The summed E-state index contributed by atoms with van der Waals surface area (Å²) < 4.78 is 26.7. The van der Waals surface area contributed by atoms with Crippen LogP contribution in [0.25, 0.3) is 0 Å². The second-order valence-electron chi connectivity index (χ2n) is 5.84. The largest absolute Gasteiger partial charge is 0.389 e. The van der Waals surface area contributed by atoms with Gasteiger partial charge in [-0.15, -0.1) is 0 Å². The highest BCUT2D eigenvalue weighted by Gasteiger charge is 2.38. The van der Waals surface area contributed by atoms with Gasteiger partial charge in [-0.05, 0) is 39.7 Å². The average Bonchev–Trinajstić information content (AvgIpc) is 2.25. The van der Waals surface area contributed by atoms with Gasteiger partial charge >= 0.3 is 0 Å². The Morgan fingerprint density at radius 3 is 2.11 bits per heavy atom. The Kier molecular flexibility index (Phi) is 4.76. The molecule has 0 heterocycles. The summed E-state index contributed by atoms with van der Waals surface area (Å²) in [5.74, 6) is 0.0104. The van der Waals surface area contributed by atoms with Crippen LogP contribution in [0.4, 0.5) is 0 Å². The second kappa shape index (κ2) is 5.61. The van der Waals surface area contributed by atoms with E-state index in [-0.39, 0.29) is 5.75 Å². The second-order valence-corrected chi connectivity index (χ2v) is 7.68. The van der Waals surface area contributed by atoms with Crippen LogP contribution in [0.15, 0.2) is 30.3 Å². The van der Waals surface area contributed by atoms with Crippen molar-refractivity contribution in [3.8, 4) is 0 Å². The van der Waals surface area contributed by atoms with Gasteiger partial charge < -0.3 is 5.11 Å². The van der Waals surface area contributed by atoms with E-state index >= 15 is 0 Å². The SMILES string of the molecule is CC(C)(O)C(C)(C)NS(=O)(=O)CCc1ccccc1. The third-order valence-electron chi connectivity index (χ3n) is 3.44. The van der Waals surface area contributed by atoms with Crippen molar-refractivity contribution >= 4 is 10.0 Å². The lowest BCUT2D eigenvalue weighted by Gasteiger charge is -2.37. The molecule has 0 radical (unpaired) electrons. The molecule has 0 amide bonds. The van der Waals surface area contributed by atoms with Crippen molar-refractivity contribution < 1.29 is 13.5 Å². The molecule has 0 aliphatic rings. The number of aryl methyl sites for hydroxylation is 1. The van der Waals surface area contributed by atoms with Gasteiger partial charge in [0.15, 0.2) is 0 Å². The Hall–Kier alpha value is -0.910. The van der Waals surface area contributed by atoms with Crippen molar-refractivity contribution in [3.05, 3.63) is 35.9 Å². The number of aliphatic hydroxyl groups is 1. The van der Waals surface area contributed by atoms with Gasteiger partial charge in [-0.25, -0.2) is 13.1 Å². The molecule has 19 heavy (non-hydrogen) atoms. The summed E-state index contributed by atoms with van der Waals surface area (Å²) in [5, 5.41) is 9.97. The van der Waals surface area contributed by atoms with Gasteiger partial charge in [0.2, 0.25) is 10.0 Å². The van der Waals surface area contributed by atoms with Gasteiger partial charge in [-0.1, -0.05) is 30.3 Å². The highest BCUT2D eigenvalue weighted by molar-refractivity contribution is 7.89. The Morgan fingerprint density at radius 1 is 1.11 bits per heavy atom. The monoisotopic (exact) mass is 285 g/mol. The molecule has 1 rings (SSSR count). The summed E-state index contributed by atoms with van der Waals surface area (Å²) in [5.41, 5.74) is -1.07. The number of nitrogens with one attached hydrogen (secondary N) is 1. The molecule has 0 unspecified atom stereocenters. The first kappa shape index (κ1) is 16.1. The number of sulfonamides is 1. The molecule has 1 aromatic rings. The van der Waals surface area contributed by atoms with Crippen LogP contribution in [0.3, 0.4) is 0 Å². The number of rotatable bonds is 6. The zero-order chi connectivity index (χ0) is 14.7. The first-order valence-corrected chi connectivity index (χ1v) is 7.97. The lowest BCUT2D eigenvalue weighted by Crippen LogP contribution is -2.58. The van der Waals surface area contributed by atoms with Crippen LogP contribution in [-0.4, -0.2) is 30.4 Å². The summed E-state index contributed by atoms with van der Waals surface area (Å²) in [6.45, 7) is 6.53. The first-order valence-electron chi connectivity index (χ1n) is 6.31. The Balaban J connectivity index is 2.68. The molecule has 1 aromatic carbocycles. The van der Waals surface area contributed by atoms with E-state index in [1.165, 1.54) is 0 Å². The summed E-state index contributed by atoms with van der Waals surface area (Å²) in [6.07, 6.45) is 0.456. The van der Waals surface area contributed by atoms with Crippen molar-refractivity contribution in [2.24, 2.45) is 0 Å². The van der Waals surface area contributed by atoms with Crippen molar-refractivity contribution in [2.75, 3.05) is 5.75 Å². The fraction of sp³-hybridized carbons (Fsp3) is 0.571. The maximum atomic E-state index is 12.0. The molecule has 0 bridgehead atoms. The van der Waals surface area contributed by atoms with Crippen LogP contribution < -0.4 is 4.72 Å². The van der Waals surface area contributed by atoms with Gasteiger partial charge in [0.25, 0.3) is 0 Å². The van der Waals surface area contributed by atoms with E-state index in [0.29, 0.717) is 6.42 Å². The van der Waals surface area contributed by atoms with Crippen LogP contribution in [0.5, 0.6) is 0 Å². The van der Waals surface area contributed by atoms with Crippen molar-refractivity contribution in [3.63, 3.8) is 0 Å². The van der Waals surface area contributed by atoms with E-state index in [9.17, 15) is 13.5 Å².